The zero-order chi connectivity index (χ0) is 11.0. The Morgan fingerprint density at radius 1 is 1.36 bits per heavy atom. The fraction of sp³-hybridized carbons (Fsp3) is 0.400. The first-order valence-electron chi connectivity index (χ1n) is 4.21. The summed E-state index contributed by atoms with van der Waals surface area (Å²) in [6, 6.07) is 8.44. The Kier molecular flexibility index (Phi) is 8.20. The van der Waals surface area contributed by atoms with Crippen LogP contribution in [0, 0.1) is 6.07 Å². The molecule has 0 aliphatic carbocycles. The van der Waals surface area contributed by atoms with Crippen LogP contribution in [0.25, 0.3) is 0 Å². The van der Waals surface area contributed by atoms with Crippen LogP contribution < -0.4 is 9.47 Å². The van der Waals surface area contributed by atoms with Gasteiger partial charge in [0.1, 0.15) is 0 Å². The fourth-order valence-corrected chi connectivity index (χ4v) is 0.851. The number of hydrogen-bond acceptors (Lipinski definition) is 2. The van der Waals surface area contributed by atoms with Gasteiger partial charge in [0.2, 0.25) is 0 Å². The molecule has 0 unspecified atom stereocenters. The zero-order valence-corrected chi connectivity index (χ0v) is 13.3. The van der Waals surface area contributed by atoms with Crippen LogP contribution in [-0.2, 0) is 16.3 Å². The topological polar surface area (TPSA) is 18.5 Å². The first kappa shape index (κ1) is 13.9. The molecule has 1 aromatic rings. The molecule has 2 nitrogen and oxygen atoms in total. The molecule has 0 N–H and O–H groups in total. The summed E-state index contributed by atoms with van der Waals surface area (Å²) in [5, 5.41) is 0. The molecule has 14 heavy (non-hydrogen) atoms. The van der Waals surface area contributed by atoms with Gasteiger partial charge in [-0.2, -0.15) is 0 Å². The van der Waals surface area contributed by atoms with Gasteiger partial charge in [-0.05, 0) is 13.8 Å². The van der Waals surface area contributed by atoms with Crippen molar-refractivity contribution in [2.45, 2.75) is 20.0 Å². The average molecular weight is 311 g/mol. The van der Waals surface area contributed by atoms with Gasteiger partial charge in [-0.3, -0.25) is 0 Å². The van der Waals surface area contributed by atoms with Gasteiger partial charge in [0.15, 0.2) is 0 Å². The van der Waals surface area contributed by atoms with Crippen molar-refractivity contribution in [3.8, 4) is 11.5 Å². The van der Waals surface area contributed by atoms with Crippen molar-refractivity contribution in [2.24, 2.45) is 0 Å². The number of benzene rings is 1. The van der Waals surface area contributed by atoms with Crippen LogP contribution in [-0.4, -0.2) is 13.2 Å². The standard InChI is InChI=1S/C10H13O2.BrH.Zn/c1-8(2)12-10-6-4-9(11-3)5-7-10;;/h4-6,8H,1-3H3;1H;/q-1;;+2/p-1. The van der Waals surface area contributed by atoms with Gasteiger partial charge in [0.05, 0.1) is 13.2 Å². The van der Waals surface area contributed by atoms with Crippen molar-refractivity contribution >= 4 is 13.6 Å². The Labute approximate surface area is 102 Å². The first-order chi connectivity index (χ1) is 6.72. The van der Waals surface area contributed by atoms with E-state index in [-0.39, 0.29) is 6.10 Å². The first-order valence-corrected chi connectivity index (χ1v) is 11.2. The minimum absolute atomic E-state index is 0.189. The van der Waals surface area contributed by atoms with Crippen molar-refractivity contribution < 1.29 is 25.8 Å². The quantitative estimate of drug-likeness (QED) is 0.631. The molecule has 74 valence electrons. The van der Waals surface area contributed by atoms with Gasteiger partial charge in [-0.25, -0.2) is 0 Å². The van der Waals surface area contributed by atoms with E-state index in [1.54, 1.807) is 13.2 Å². The second-order valence-electron chi connectivity index (χ2n) is 2.76. The second-order valence-corrected chi connectivity index (χ2v) is 2.76. The molecule has 1 aromatic carbocycles. The summed E-state index contributed by atoms with van der Waals surface area (Å²) in [6.07, 6.45) is 0.189. The molecule has 0 aliphatic heterocycles. The van der Waals surface area contributed by atoms with Crippen LogP contribution in [0.2, 0.25) is 0 Å². The molecule has 0 aliphatic rings. The Hall–Kier alpha value is -0.0766. The third-order valence-electron chi connectivity index (χ3n) is 1.35. The van der Waals surface area contributed by atoms with Crippen molar-refractivity contribution in [1.82, 2.24) is 0 Å². The fourth-order valence-electron chi connectivity index (χ4n) is 0.851. The summed E-state index contributed by atoms with van der Waals surface area (Å²) in [7, 11) is 1.63. The number of hydrogen-bond donors (Lipinski definition) is 0. The van der Waals surface area contributed by atoms with Crippen LogP contribution in [0.4, 0.5) is 0 Å². The monoisotopic (exact) mass is 308 g/mol. The molecule has 4 heteroatoms. The van der Waals surface area contributed by atoms with Gasteiger partial charge in [-0.15, -0.1) is 24.3 Å². The van der Waals surface area contributed by atoms with Crippen molar-refractivity contribution in [2.75, 3.05) is 7.11 Å². The molecule has 0 atom stereocenters. The Bertz CT molecular complexity index is 236. The average Bonchev–Trinajstić information content (AvgIpc) is 2.21. The Balaban J connectivity index is 0.000000791. The van der Waals surface area contributed by atoms with E-state index in [1.165, 1.54) is 16.3 Å². The molecular weight excluding hydrogens is 297 g/mol. The Morgan fingerprint density at radius 2 is 2.00 bits per heavy atom. The van der Waals surface area contributed by atoms with Gasteiger partial charge in [0.25, 0.3) is 0 Å². The van der Waals surface area contributed by atoms with E-state index in [1.807, 2.05) is 26.0 Å². The number of rotatable bonds is 3. The molecule has 0 amide bonds. The van der Waals surface area contributed by atoms with Crippen LogP contribution in [0.5, 0.6) is 11.5 Å². The predicted octanol–water partition coefficient (Wildman–Crippen LogP) is 3.13. The van der Waals surface area contributed by atoms with Gasteiger partial charge < -0.3 is 9.47 Å². The molecule has 0 aromatic heterocycles. The molecule has 1 rings (SSSR count). The van der Waals surface area contributed by atoms with Crippen molar-refractivity contribution in [3.63, 3.8) is 0 Å². The molecular formula is C10H13BrO2Zn. The van der Waals surface area contributed by atoms with E-state index >= 15 is 0 Å². The van der Waals surface area contributed by atoms with Gasteiger partial charge in [0, 0.05) is 11.5 Å². The zero-order valence-electron chi connectivity index (χ0n) is 8.71. The van der Waals surface area contributed by atoms with Crippen LogP contribution in [0.3, 0.4) is 0 Å². The summed E-state index contributed by atoms with van der Waals surface area (Å²) in [4.78, 5) is 0. The van der Waals surface area contributed by atoms with Crippen molar-refractivity contribution in [3.05, 3.63) is 24.3 Å². The molecule has 0 bridgehead atoms. The van der Waals surface area contributed by atoms with Crippen molar-refractivity contribution in [1.29, 1.82) is 0 Å². The third kappa shape index (κ3) is 5.61. The molecule has 0 radical (unpaired) electrons. The summed E-state index contributed by atoms with van der Waals surface area (Å²) in [6.45, 7) is 3.97. The number of halogens is 1. The molecule has 0 spiro atoms. The maximum absolute atomic E-state index is 5.40. The molecule has 0 fully saturated rings. The summed E-state index contributed by atoms with van der Waals surface area (Å²) < 4.78 is 10.4. The van der Waals surface area contributed by atoms with E-state index in [2.05, 4.69) is 19.7 Å². The number of methoxy groups -OCH3 is 1. The van der Waals surface area contributed by atoms with Crippen LogP contribution in [0.1, 0.15) is 13.8 Å². The number of ether oxygens (including phenoxy) is 2. The van der Waals surface area contributed by atoms with E-state index < -0.39 is 0 Å². The van der Waals surface area contributed by atoms with E-state index in [0.717, 1.165) is 11.5 Å². The Morgan fingerprint density at radius 3 is 2.36 bits per heavy atom. The SMILES string of the molecule is COc1c[c-]c(OC(C)C)cc1.[Zn+][Br]. The van der Waals surface area contributed by atoms with Crippen LogP contribution in [0.15, 0.2) is 18.2 Å². The van der Waals surface area contributed by atoms with Gasteiger partial charge in [-0.1, -0.05) is 0 Å². The second kappa shape index (κ2) is 8.25. The maximum atomic E-state index is 5.40. The summed E-state index contributed by atoms with van der Waals surface area (Å²) >= 11 is 4.25. The van der Waals surface area contributed by atoms with E-state index in [0.29, 0.717) is 0 Å². The normalized spacial score (nSPS) is 9.07. The van der Waals surface area contributed by atoms with E-state index in [9.17, 15) is 0 Å². The third-order valence-corrected chi connectivity index (χ3v) is 1.35. The molecule has 0 saturated heterocycles. The molecule has 0 heterocycles. The predicted molar refractivity (Wildman–Crippen MR) is 56.5 cm³/mol. The van der Waals surface area contributed by atoms with Gasteiger partial charge >= 0.3 is 30.0 Å². The van der Waals surface area contributed by atoms with Crippen LogP contribution >= 0.6 is 13.6 Å². The summed E-state index contributed by atoms with van der Waals surface area (Å²) in [5.41, 5.74) is 0. The summed E-state index contributed by atoms with van der Waals surface area (Å²) in [5.74, 6) is 1.55. The minimum atomic E-state index is 0.189. The van der Waals surface area contributed by atoms with E-state index in [4.69, 9.17) is 9.47 Å². The molecule has 0 saturated carbocycles.